The van der Waals surface area contributed by atoms with Crippen LogP contribution >= 0.6 is 0 Å². The van der Waals surface area contributed by atoms with Crippen molar-refractivity contribution in [3.05, 3.63) is 12.3 Å². The summed E-state index contributed by atoms with van der Waals surface area (Å²) in [5, 5.41) is 0. The number of carbonyl (C=O) groups excluding carboxylic acids is 1. The van der Waals surface area contributed by atoms with Crippen molar-refractivity contribution in [3.63, 3.8) is 0 Å². The van der Waals surface area contributed by atoms with E-state index in [0.29, 0.717) is 5.92 Å². The van der Waals surface area contributed by atoms with Crippen molar-refractivity contribution >= 4 is 5.97 Å². The fourth-order valence-corrected chi connectivity index (χ4v) is 1.06. The second-order valence-corrected chi connectivity index (χ2v) is 3.44. The number of hydrogen-bond acceptors (Lipinski definition) is 3. The first kappa shape index (κ1) is 13.0. The highest BCUT2D eigenvalue weighted by Gasteiger charge is 2.03. The van der Waals surface area contributed by atoms with Crippen LogP contribution in [0.2, 0.25) is 0 Å². The van der Waals surface area contributed by atoms with Gasteiger partial charge in [0, 0.05) is 25.4 Å². The van der Waals surface area contributed by atoms with Gasteiger partial charge in [0.05, 0.1) is 7.11 Å². The van der Waals surface area contributed by atoms with Crippen molar-refractivity contribution in [1.82, 2.24) is 4.90 Å². The lowest BCUT2D eigenvalue weighted by molar-refractivity contribution is -0.134. The number of carbonyl (C=O) groups is 1. The van der Waals surface area contributed by atoms with Crippen molar-refractivity contribution in [1.29, 1.82) is 0 Å². The molecular formula is C11H21NO2. The first-order valence-corrected chi connectivity index (χ1v) is 5.14. The summed E-state index contributed by atoms with van der Waals surface area (Å²) in [5.41, 5.74) is 0. The molecule has 0 rings (SSSR count). The van der Waals surface area contributed by atoms with Crippen LogP contribution < -0.4 is 0 Å². The largest absolute Gasteiger partial charge is 0.466 e. The Morgan fingerprint density at radius 1 is 1.50 bits per heavy atom. The van der Waals surface area contributed by atoms with E-state index in [4.69, 9.17) is 0 Å². The zero-order valence-corrected chi connectivity index (χ0v) is 9.62. The maximum absolute atomic E-state index is 10.9. The predicted molar refractivity (Wildman–Crippen MR) is 57.9 cm³/mol. The Balaban J connectivity index is 4.01. The molecule has 0 amide bonds. The first-order valence-electron chi connectivity index (χ1n) is 5.14. The molecule has 0 aromatic heterocycles. The third-order valence-electron chi connectivity index (χ3n) is 2.27. The number of methoxy groups -OCH3 is 1. The molecule has 0 aromatic carbocycles. The van der Waals surface area contributed by atoms with Crippen molar-refractivity contribution in [2.45, 2.75) is 27.2 Å². The molecule has 0 saturated carbocycles. The van der Waals surface area contributed by atoms with Crippen molar-refractivity contribution in [2.75, 3.05) is 20.2 Å². The van der Waals surface area contributed by atoms with Crippen molar-refractivity contribution in [3.8, 4) is 0 Å². The molecule has 0 aromatic rings. The predicted octanol–water partition coefficient (Wildman–Crippen LogP) is 2.04. The highest BCUT2D eigenvalue weighted by atomic mass is 16.5. The molecule has 0 bridgehead atoms. The molecule has 14 heavy (non-hydrogen) atoms. The van der Waals surface area contributed by atoms with Crippen LogP contribution in [0.4, 0.5) is 0 Å². The number of esters is 1. The second kappa shape index (κ2) is 7.42. The standard InChI is InChI=1S/C11H21NO2/c1-5-10(3)9-12(6-2)8-7-11(13)14-4/h7-8,10H,5-6,9H2,1-4H3. The Morgan fingerprint density at radius 2 is 2.14 bits per heavy atom. The molecule has 0 aliphatic heterocycles. The lowest BCUT2D eigenvalue weighted by atomic mass is 10.1. The van der Waals surface area contributed by atoms with Gasteiger partial charge >= 0.3 is 5.97 Å². The van der Waals surface area contributed by atoms with Crippen molar-refractivity contribution in [2.24, 2.45) is 5.92 Å². The van der Waals surface area contributed by atoms with E-state index >= 15 is 0 Å². The Bertz CT molecular complexity index is 190. The maximum atomic E-state index is 10.9. The van der Waals surface area contributed by atoms with Gasteiger partial charge in [0.25, 0.3) is 0 Å². The van der Waals surface area contributed by atoms with Crippen LogP contribution in [-0.2, 0) is 9.53 Å². The SMILES string of the molecule is CCC(C)CN(C=CC(=O)OC)CC. The summed E-state index contributed by atoms with van der Waals surface area (Å²) in [6.45, 7) is 8.35. The van der Waals surface area contributed by atoms with Crippen molar-refractivity contribution < 1.29 is 9.53 Å². The van der Waals surface area contributed by atoms with Gasteiger partial charge in [0.1, 0.15) is 0 Å². The highest BCUT2D eigenvalue weighted by Crippen LogP contribution is 2.04. The normalized spacial score (nSPS) is 12.9. The molecule has 0 radical (unpaired) electrons. The van der Waals surface area contributed by atoms with E-state index in [1.54, 1.807) is 6.20 Å². The van der Waals surface area contributed by atoms with Gasteiger partial charge in [-0.2, -0.15) is 0 Å². The molecule has 0 aliphatic carbocycles. The lowest BCUT2D eigenvalue weighted by Gasteiger charge is -2.21. The maximum Gasteiger partial charge on any atom is 0.331 e. The second-order valence-electron chi connectivity index (χ2n) is 3.44. The molecule has 0 spiro atoms. The van der Waals surface area contributed by atoms with Gasteiger partial charge in [-0.3, -0.25) is 0 Å². The molecule has 0 saturated heterocycles. The van der Waals surface area contributed by atoms with Crippen LogP contribution in [0.25, 0.3) is 0 Å². The summed E-state index contributed by atoms with van der Waals surface area (Å²) in [6, 6.07) is 0. The minimum absolute atomic E-state index is 0.299. The van der Waals surface area contributed by atoms with Gasteiger partial charge in [0.15, 0.2) is 0 Å². The fourth-order valence-electron chi connectivity index (χ4n) is 1.06. The molecule has 1 atom stereocenters. The highest BCUT2D eigenvalue weighted by molar-refractivity contribution is 5.81. The lowest BCUT2D eigenvalue weighted by Crippen LogP contribution is -2.23. The number of ether oxygens (including phenoxy) is 1. The van der Waals surface area contributed by atoms with Gasteiger partial charge in [-0.05, 0) is 12.8 Å². The Kier molecular flexibility index (Phi) is 6.89. The van der Waals surface area contributed by atoms with Gasteiger partial charge in [-0.1, -0.05) is 20.3 Å². The molecule has 0 heterocycles. The molecule has 1 unspecified atom stereocenters. The summed E-state index contributed by atoms with van der Waals surface area (Å²) in [7, 11) is 1.39. The molecular weight excluding hydrogens is 178 g/mol. The number of rotatable bonds is 6. The molecule has 3 heteroatoms. The summed E-state index contributed by atoms with van der Waals surface area (Å²) in [6.07, 6.45) is 4.42. The Labute approximate surface area is 86.7 Å². The average Bonchev–Trinajstić information content (AvgIpc) is 2.22. The van der Waals surface area contributed by atoms with E-state index in [0.717, 1.165) is 19.5 Å². The third kappa shape index (κ3) is 5.62. The quantitative estimate of drug-likeness (QED) is 0.484. The smallest absolute Gasteiger partial charge is 0.331 e. The van der Waals surface area contributed by atoms with E-state index in [2.05, 4.69) is 30.4 Å². The fraction of sp³-hybridized carbons (Fsp3) is 0.727. The minimum atomic E-state index is -0.299. The summed E-state index contributed by atoms with van der Waals surface area (Å²) < 4.78 is 4.52. The van der Waals surface area contributed by atoms with Crippen LogP contribution in [-0.4, -0.2) is 31.1 Å². The minimum Gasteiger partial charge on any atom is -0.466 e. The van der Waals surface area contributed by atoms with Crippen LogP contribution in [0.3, 0.4) is 0 Å². The zero-order chi connectivity index (χ0) is 11.0. The number of nitrogens with zero attached hydrogens (tertiary/aromatic N) is 1. The molecule has 82 valence electrons. The monoisotopic (exact) mass is 199 g/mol. The van der Waals surface area contributed by atoms with Crippen LogP contribution in [0.5, 0.6) is 0 Å². The van der Waals surface area contributed by atoms with Crippen LogP contribution in [0.1, 0.15) is 27.2 Å². The van der Waals surface area contributed by atoms with E-state index in [1.165, 1.54) is 13.2 Å². The van der Waals surface area contributed by atoms with E-state index in [9.17, 15) is 4.79 Å². The average molecular weight is 199 g/mol. The molecule has 0 N–H and O–H groups in total. The summed E-state index contributed by atoms with van der Waals surface area (Å²) in [4.78, 5) is 13.0. The van der Waals surface area contributed by atoms with E-state index < -0.39 is 0 Å². The molecule has 3 nitrogen and oxygen atoms in total. The zero-order valence-electron chi connectivity index (χ0n) is 9.62. The van der Waals surface area contributed by atoms with E-state index in [1.807, 2.05) is 0 Å². The van der Waals surface area contributed by atoms with Gasteiger partial charge in [0.2, 0.25) is 0 Å². The summed E-state index contributed by atoms with van der Waals surface area (Å²) >= 11 is 0. The topological polar surface area (TPSA) is 29.5 Å². The molecule has 0 aliphatic rings. The molecule has 0 fully saturated rings. The van der Waals surface area contributed by atoms with Crippen LogP contribution in [0.15, 0.2) is 12.3 Å². The van der Waals surface area contributed by atoms with Gasteiger partial charge in [-0.25, -0.2) is 4.79 Å². The van der Waals surface area contributed by atoms with Gasteiger partial charge < -0.3 is 9.64 Å². The first-order chi connectivity index (χ1) is 6.63. The Morgan fingerprint density at radius 3 is 2.57 bits per heavy atom. The Hall–Kier alpha value is -0.990. The van der Waals surface area contributed by atoms with E-state index in [-0.39, 0.29) is 5.97 Å². The van der Waals surface area contributed by atoms with Gasteiger partial charge in [-0.15, -0.1) is 0 Å². The summed E-state index contributed by atoms with van der Waals surface area (Å²) in [5.74, 6) is 0.352. The third-order valence-corrected chi connectivity index (χ3v) is 2.27. The number of hydrogen-bond donors (Lipinski definition) is 0. The van der Waals surface area contributed by atoms with Crippen LogP contribution in [0, 0.1) is 5.92 Å².